The SMILES string of the molecule is C[C@@]1(c2ccccc2)[C@H](c2cnc[nH]2)[C@@H]1C(=O)O. The lowest BCUT2D eigenvalue weighted by molar-refractivity contribution is -0.139. The van der Waals surface area contributed by atoms with Gasteiger partial charge >= 0.3 is 5.97 Å². The molecule has 0 amide bonds. The highest BCUT2D eigenvalue weighted by Crippen LogP contribution is 2.65. The molecule has 18 heavy (non-hydrogen) atoms. The van der Waals surface area contributed by atoms with Crippen molar-refractivity contribution in [3.05, 3.63) is 54.1 Å². The summed E-state index contributed by atoms with van der Waals surface area (Å²) in [7, 11) is 0. The van der Waals surface area contributed by atoms with Crippen LogP contribution in [0.2, 0.25) is 0 Å². The van der Waals surface area contributed by atoms with Crippen LogP contribution in [0.5, 0.6) is 0 Å². The van der Waals surface area contributed by atoms with Crippen LogP contribution in [0, 0.1) is 5.92 Å². The molecule has 1 saturated carbocycles. The van der Waals surface area contributed by atoms with E-state index in [-0.39, 0.29) is 17.3 Å². The average Bonchev–Trinajstić information content (AvgIpc) is 2.76. The first-order valence-electron chi connectivity index (χ1n) is 5.92. The second-order valence-corrected chi connectivity index (χ2v) is 4.95. The Bertz CT molecular complexity index is 565. The Balaban J connectivity index is 2.03. The van der Waals surface area contributed by atoms with Gasteiger partial charge in [-0.25, -0.2) is 4.98 Å². The third kappa shape index (κ3) is 1.38. The highest BCUT2D eigenvalue weighted by molar-refractivity contribution is 5.80. The molecule has 0 saturated heterocycles. The summed E-state index contributed by atoms with van der Waals surface area (Å²) in [6, 6.07) is 9.82. The number of carboxylic acids is 1. The molecule has 1 aliphatic rings. The fourth-order valence-corrected chi connectivity index (χ4v) is 3.01. The zero-order chi connectivity index (χ0) is 12.8. The highest BCUT2D eigenvalue weighted by atomic mass is 16.4. The van der Waals surface area contributed by atoms with Crippen LogP contribution in [0.25, 0.3) is 0 Å². The Morgan fingerprint density at radius 1 is 1.39 bits per heavy atom. The number of benzene rings is 1. The van der Waals surface area contributed by atoms with Gasteiger partial charge in [0.15, 0.2) is 0 Å². The second kappa shape index (κ2) is 3.70. The standard InChI is InChI=1S/C14H14N2O2/c1-14(9-5-3-2-4-6-9)11(12(14)13(17)18)10-7-15-8-16-10/h2-8,11-12H,1H3,(H,15,16)(H,17,18)/t11-,12-,14-/m1/s1. The molecule has 0 aliphatic heterocycles. The molecule has 2 N–H and O–H groups in total. The van der Waals surface area contributed by atoms with Crippen molar-refractivity contribution in [3.63, 3.8) is 0 Å². The van der Waals surface area contributed by atoms with Crippen molar-refractivity contribution in [3.8, 4) is 0 Å². The van der Waals surface area contributed by atoms with Gasteiger partial charge in [-0.2, -0.15) is 0 Å². The van der Waals surface area contributed by atoms with Crippen molar-refractivity contribution < 1.29 is 9.90 Å². The van der Waals surface area contributed by atoms with Gasteiger partial charge in [0, 0.05) is 23.2 Å². The molecule has 4 nitrogen and oxygen atoms in total. The van der Waals surface area contributed by atoms with E-state index in [9.17, 15) is 9.90 Å². The number of rotatable bonds is 3. The number of nitrogens with zero attached hydrogens (tertiary/aromatic N) is 1. The Labute approximate surface area is 105 Å². The fraction of sp³-hybridized carbons (Fsp3) is 0.286. The second-order valence-electron chi connectivity index (χ2n) is 4.95. The lowest BCUT2D eigenvalue weighted by Gasteiger charge is -2.11. The number of aromatic nitrogens is 2. The Morgan fingerprint density at radius 3 is 2.67 bits per heavy atom. The van der Waals surface area contributed by atoms with E-state index < -0.39 is 5.97 Å². The first kappa shape index (κ1) is 11.0. The Hall–Kier alpha value is -2.10. The summed E-state index contributed by atoms with van der Waals surface area (Å²) >= 11 is 0. The Morgan fingerprint density at radius 2 is 2.11 bits per heavy atom. The zero-order valence-corrected chi connectivity index (χ0v) is 10.00. The summed E-state index contributed by atoms with van der Waals surface area (Å²) in [5.74, 6) is -1.17. The molecule has 3 rings (SSSR count). The van der Waals surface area contributed by atoms with E-state index in [2.05, 4.69) is 9.97 Å². The van der Waals surface area contributed by atoms with Crippen LogP contribution in [0.3, 0.4) is 0 Å². The number of imidazole rings is 1. The van der Waals surface area contributed by atoms with Crippen LogP contribution in [0.1, 0.15) is 24.1 Å². The van der Waals surface area contributed by atoms with Gasteiger partial charge in [-0.15, -0.1) is 0 Å². The monoisotopic (exact) mass is 242 g/mol. The molecule has 0 unspecified atom stereocenters. The lowest BCUT2D eigenvalue weighted by Crippen LogP contribution is -2.10. The molecular formula is C14H14N2O2. The normalized spacial score (nSPS) is 30.1. The quantitative estimate of drug-likeness (QED) is 0.866. The van der Waals surface area contributed by atoms with Crippen LogP contribution >= 0.6 is 0 Å². The van der Waals surface area contributed by atoms with Gasteiger partial charge in [0.05, 0.1) is 12.2 Å². The number of aromatic amines is 1. The molecule has 3 atom stereocenters. The number of carbonyl (C=O) groups is 1. The fourth-order valence-electron chi connectivity index (χ4n) is 3.01. The molecular weight excluding hydrogens is 228 g/mol. The van der Waals surface area contributed by atoms with E-state index in [1.807, 2.05) is 37.3 Å². The van der Waals surface area contributed by atoms with Gasteiger partial charge in [0.2, 0.25) is 0 Å². The number of nitrogens with one attached hydrogen (secondary N) is 1. The van der Waals surface area contributed by atoms with E-state index in [0.717, 1.165) is 11.3 Å². The number of hydrogen-bond acceptors (Lipinski definition) is 2. The van der Waals surface area contributed by atoms with Gasteiger partial charge < -0.3 is 10.1 Å². The van der Waals surface area contributed by atoms with Crippen molar-refractivity contribution in [1.82, 2.24) is 9.97 Å². The third-order valence-corrected chi connectivity index (χ3v) is 4.03. The van der Waals surface area contributed by atoms with Crippen LogP contribution in [0.15, 0.2) is 42.9 Å². The van der Waals surface area contributed by atoms with Gasteiger partial charge in [-0.1, -0.05) is 37.3 Å². The molecule has 2 aromatic rings. The summed E-state index contributed by atoms with van der Waals surface area (Å²) in [6.07, 6.45) is 3.31. The van der Waals surface area contributed by atoms with Gasteiger partial charge in [-0.3, -0.25) is 4.79 Å². The molecule has 92 valence electrons. The summed E-state index contributed by atoms with van der Waals surface area (Å²) in [5.41, 5.74) is 1.62. The summed E-state index contributed by atoms with van der Waals surface area (Å²) in [4.78, 5) is 18.4. The maximum Gasteiger partial charge on any atom is 0.308 e. The molecule has 1 aliphatic carbocycles. The minimum Gasteiger partial charge on any atom is -0.481 e. The predicted octanol–water partition coefficient (Wildman–Crippen LogP) is 2.17. The van der Waals surface area contributed by atoms with Gasteiger partial charge in [0.25, 0.3) is 0 Å². The molecule has 4 heteroatoms. The number of carboxylic acid groups (broad SMARTS) is 1. The van der Waals surface area contributed by atoms with Crippen molar-refractivity contribution in [2.24, 2.45) is 5.92 Å². The minimum absolute atomic E-state index is 0.0279. The Kier molecular flexibility index (Phi) is 2.26. The van der Waals surface area contributed by atoms with Crippen LogP contribution < -0.4 is 0 Å². The minimum atomic E-state index is -0.749. The van der Waals surface area contributed by atoms with Crippen LogP contribution in [0.4, 0.5) is 0 Å². The van der Waals surface area contributed by atoms with E-state index >= 15 is 0 Å². The van der Waals surface area contributed by atoms with Crippen molar-refractivity contribution >= 4 is 5.97 Å². The molecule has 1 aromatic carbocycles. The van der Waals surface area contributed by atoms with Gasteiger partial charge in [-0.05, 0) is 5.56 Å². The maximum absolute atomic E-state index is 11.4. The molecule has 1 fully saturated rings. The molecule has 0 radical (unpaired) electrons. The van der Waals surface area contributed by atoms with Crippen molar-refractivity contribution in [1.29, 1.82) is 0 Å². The first-order valence-corrected chi connectivity index (χ1v) is 5.92. The predicted molar refractivity (Wildman–Crippen MR) is 66.2 cm³/mol. The smallest absolute Gasteiger partial charge is 0.308 e. The summed E-state index contributed by atoms with van der Waals surface area (Å²) in [6.45, 7) is 2.01. The van der Waals surface area contributed by atoms with E-state index in [1.165, 1.54) is 0 Å². The summed E-state index contributed by atoms with van der Waals surface area (Å²) < 4.78 is 0. The van der Waals surface area contributed by atoms with Crippen LogP contribution in [-0.2, 0) is 10.2 Å². The molecule has 1 heterocycles. The van der Waals surface area contributed by atoms with E-state index in [1.54, 1.807) is 12.5 Å². The van der Waals surface area contributed by atoms with Crippen molar-refractivity contribution in [2.45, 2.75) is 18.3 Å². The maximum atomic E-state index is 11.4. The van der Waals surface area contributed by atoms with Crippen LogP contribution in [-0.4, -0.2) is 21.0 Å². The number of aliphatic carboxylic acids is 1. The van der Waals surface area contributed by atoms with Gasteiger partial charge in [0.1, 0.15) is 0 Å². The topological polar surface area (TPSA) is 66.0 Å². The lowest BCUT2D eigenvalue weighted by atomic mass is 9.93. The van der Waals surface area contributed by atoms with E-state index in [0.29, 0.717) is 0 Å². The highest BCUT2D eigenvalue weighted by Gasteiger charge is 2.67. The zero-order valence-electron chi connectivity index (χ0n) is 10.00. The number of H-pyrrole nitrogens is 1. The molecule has 0 bridgehead atoms. The average molecular weight is 242 g/mol. The third-order valence-electron chi connectivity index (χ3n) is 4.03. The first-order chi connectivity index (χ1) is 8.65. The largest absolute Gasteiger partial charge is 0.481 e. The van der Waals surface area contributed by atoms with Crippen molar-refractivity contribution in [2.75, 3.05) is 0 Å². The summed E-state index contributed by atoms with van der Waals surface area (Å²) in [5, 5.41) is 9.39. The number of hydrogen-bond donors (Lipinski definition) is 2. The van der Waals surface area contributed by atoms with E-state index in [4.69, 9.17) is 0 Å². The molecule has 1 aromatic heterocycles. The molecule has 0 spiro atoms.